The zero-order valence-corrected chi connectivity index (χ0v) is 19.0. The topological polar surface area (TPSA) is 110 Å². The van der Waals surface area contributed by atoms with E-state index >= 15 is 0 Å². The van der Waals surface area contributed by atoms with Gasteiger partial charge in [-0.15, -0.1) is 0 Å². The van der Waals surface area contributed by atoms with E-state index in [1.165, 1.54) is 0 Å². The van der Waals surface area contributed by atoms with Crippen LogP contribution in [0.1, 0.15) is 6.92 Å². The molecule has 2 aliphatic heterocycles. The summed E-state index contributed by atoms with van der Waals surface area (Å²) in [6.07, 6.45) is -7.40. The van der Waals surface area contributed by atoms with E-state index in [1.807, 2.05) is 45.3 Å². The van der Waals surface area contributed by atoms with Gasteiger partial charge in [0.1, 0.15) is 18.2 Å². The summed E-state index contributed by atoms with van der Waals surface area (Å²) in [5, 5.41) is 40.4. The normalized spacial score (nSPS) is 28.6. The SMILES string of the molecule is CC(CN1c2ccccc2Sc2ccccc21)[N+](C)(C)C1OC(C(=O)O)C(O)C(O)C1O. The van der Waals surface area contributed by atoms with Crippen LogP contribution in [0.15, 0.2) is 58.3 Å². The minimum Gasteiger partial charge on any atom is -0.479 e. The summed E-state index contributed by atoms with van der Waals surface area (Å²) < 4.78 is 5.73. The first-order valence-electron chi connectivity index (χ1n) is 10.5. The number of carbonyl (C=O) groups is 1. The summed E-state index contributed by atoms with van der Waals surface area (Å²) in [6.45, 7) is 2.56. The van der Waals surface area contributed by atoms with Crippen LogP contribution in [0.2, 0.25) is 0 Å². The first kappa shape index (κ1) is 23.0. The molecule has 8 nitrogen and oxygen atoms in total. The van der Waals surface area contributed by atoms with Crippen molar-refractivity contribution in [2.75, 3.05) is 25.5 Å². The number of aliphatic hydroxyl groups is 3. The number of carboxylic acid groups (broad SMARTS) is 1. The highest BCUT2D eigenvalue weighted by Gasteiger charge is 2.54. The van der Waals surface area contributed by atoms with Gasteiger partial charge in [-0.3, -0.25) is 4.48 Å². The summed E-state index contributed by atoms with van der Waals surface area (Å²) in [5.74, 6) is -1.38. The van der Waals surface area contributed by atoms with Crippen molar-refractivity contribution in [2.45, 2.75) is 53.4 Å². The number of benzene rings is 2. The largest absolute Gasteiger partial charge is 0.479 e. The number of quaternary nitrogens is 1. The molecular formula is C23H29N2O6S+. The second kappa shape index (κ2) is 8.66. The van der Waals surface area contributed by atoms with E-state index in [1.54, 1.807) is 11.8 Å². The van der Waals surface area contributed by atoms with E-state index < -0.39 is 36.6 Å². The maximum Gasteiger partial charge on any atom is 0.335 e. The third-order valence-corrected chi connectivity index (χ3v) is 7.73. The fraction of sp³-hybridized carbons (Fsp3) is 0.435. The Balaban J connectivity index is 1.64. The number of aliphatic hydroxyl groups excluding tert-OH is 3. The second-order valence-electron chi connectivity index (χ2n) is 8.88. The van der Waals surface area contributed by atoms with Crippen LogP contribution in [0.5, 0.6) is 0 Å². The zero-order valence-electron chi connectivity index (χ0n) is 18.2. The van der Waals surface area contributed by atoms with Gasteiger partial charge in [0.15, 0.2) is 12.2 Å². The first-order chi connectivity index (χ1) is 15.1. The molecular weight excluding hydrogens is 432 g/mol. The maximum absolute atomic E-state index is 11.6. The van der Waals surface area contributed by atoms with Crippen molar-refractivity contribution in [2.24, 2.45) is 0 Å². The third kappa shape index (κ3) is 3.89. The molecule has 0 aliphatic carbocycles. The van der Waals surface area contributed by atoms with Gasteiger partial charge in [-0.05, 0) is 31.2 Å². The van der Waals surface area contributed by atoms with Gasteiger partial charge in [0.2, 0.25) is 6.23 Å². The van der Waals surface area contributed by atoms with Gasteiger partial charge in [-0.2, -0.15) is 0 Å². The molecule has 1 saturated heterocycles. The number of ether oxygens (including phenoxy) is 1. The van der Waals surface area contributed by atoms with Crippen LogP contribution in [0.4, 0.5) is 11.4 Å². The summed E-state index contributed by atoms with van der Waals surface area (Å²) >= 11 is 1.72. The fourth-order valence-corrected chi connectivity index (χ4v) is 5.41. The number of para-hydroxylation sites is 2. The molecule has 4 N–H and O–H groups in total. The van der Waals surface area contributed by atoms with E-state index in [0.717, 1.165) is 21.2 Å². The molecule has 32 heavy (non-hydrogen) atoms. The Morgan fingerprint density at radius 3 is 2.06 bits per heavy atom. The molecule has 0 spiro atoms. The number of rotatable bonds is 5. The third-order valence-electron chi connectivity index (χ3n) is 6.60. The van der Waals surface area contributed by atoms with Crippen LogP contribution < -0.4 is 4.90 Å². The molecule has 2 aliphatic rings. The number of nitrogens with zero attached hydrogens (tertiary/aromatic N) is 2. The Kier molecular flexibility index (Phi) is 6.23. The molecule has 6 unspecified atom stereocenters. The molecule has 4 rings (SSSR count). The number of hydrogen-bond donors (Lipinski definition) is 4. The standard InChI is InChI=1S/C23H28N2O6S/c1-13(25(2,3)22-20(28)18(26)19(27)21(31-22)23(29)30)12-24-14-8-4-6-10-16(14)32-17-11-7-5-9-15(17)24/h4-11,13,18-22,26-28H,12H2,1-3H3/p+1. The summed E-state index contributed by atoms with van der Waals surface area (Å²) in [4.78, 5) is 16.1. The lowest BCUT2D eigenvalue weighted by atomic mass is 9.96. The zero-order chi connectivity index (χ0) is 23.2. The van der Waals surface area contributed by atoms with E-state index in [0.29, 0.717) is 6.54 Å². The Morgan fingerprint density at radius 2 is 1.53 bits per heavy atom. The van der Waals surface area contributed by atoms with E-state index in [9.17, 15) is 25.2 Å². The molecule has 6 atom stereocenters. The lowest BCUT2D eigenvalue weighted by Crippen LogP contribution is -2.70. The quantitative estimate of drug-likeness (QED) is 0.498. The van der Waals surface area contributed by atoms with Gasteiger partial charge >= 0.3 is 5.97 Å². The van der Waals surface area contributed by atoms with E-state index in [4.69, 9.17) is 4.74 Å². The Morgan fingerprint density at radius 1 is 1.00 bits per heavy atom. The molecule has 1 fully saturated rings. The predicted octanol–water partition coefficient (Wildman–Crippen LogP) is 1.65. The van der Waals surface area contributed by atoms with Crippen LogP contribution in [0, 0.1) is 0 Å². The number of hydrogen-bond acceptors (Lipinski definition) is 7. The van der Waals surface area contributed by atoms with Crippen molar-refractivity contribution in [1.29, 1.82) is 0 Å². The van der Waals surface area contributed by atoms with Gasteiger partial charge in [0.25, 0.3) is 0 Å². The molecule has 9 heteroatoms. The van der Waals surface area contributed by atoms with E-state index in [-0.39, 0.29) is 10.5 Å². The number of aliphatic carboxylic acids is 1. The number of fused-ring (bicyclic) bond motifs is 2. The first-order valence-corrected chi connectivity index (χ1v) is 11.3. The molecule has 0 saturated carbocycles. The summed E-state index contributed by atoms with van der Waals surface area (Å²) in [7, 11) is 3.66. The summed E-state index contributed by atoms with van der Waals surface area (Å²) in [5.41, 5.74) is 2.15. The molecule has 2 heterocycles. The Labute approximate surface area is 191 Å². The minimum atomic E-state index is -1.70. The van der Waals surface area contributed by atoms with Gasteiger partial charge < -0.3 is 30.1 Å². The highest BCUT2D eigenvalue weighted by atomic mass is 32.2. The lowest BCUT2D eigenvalue weighted by Gasteiger charge is -2.50. The maximum atomic E-state index is 11.6. The molecule has 0 amide bonds. The minimum absolute atomic E-state index is 0.0860. The monoisotopic (exact) mass is 461 g/mol. The van der Waals surface area contributed by atoms with Crippen LogP contribution in [0.25, 0.3) is 0 Å². The molecule has 0 bridgehead atoms. The van der Waals surface area contributed by atoms with Crippen LogP contribution in [-0.4, -0.2) is 88.2 Å². The average Bonchev–Trinajstić information content (AvgIpc) is 2.76. The summed E-state index contributed by atoms with van der Waals surface area (Å²) in [6, 6.07) is 16.2. The van der Waals surface area contributed by atoms with Crippen molar-refractivity contribution in [3.05, 3.63) is 48.5 Å². The van der Waals surface area contributed by atoms with Gasteiger partial charge in [0, 0.05) is 9.79 Å². The van der Waals surface area contributed by atoms with E-state index in [2.05, 4.69) is 29.2 Å². The average molecular weight is 462 g/mol. The van der Waals surface area contributed by atoms with Crippen molar-refractivity contribution in [3.63, 3.8) is 0 Å². The van der Waals surface area contributed by atoms with Gasteiger partial charge in [-0.25, -0.2) is 4.79 Å². The van der Waals surface area contributed by atoms with Crippen molar-refractivity contribution >= 4 is 29.1 Å². The number of likely N-dealkylation sites (N-methyl/N-ethyl adjacent to an activating group) is 1. The molecule has 2 aromatic rings. The van der Waals surface area contributed by atoms with Crippen molar-refractivity contribution in [1.82, 2.24) is 0 Å². The molecule has 0 aromatic heterocycles. The second-order valence-corrected chi connectivity index (χ2v) is 9.97. The van der Waals surface area contributed by atoms with Gasteiger partial charge in [0.05, 0.1) is 32.0 Å². The highest BCUT2D eigenvalue weighted by Crippen LogP contribution is 2.48. The van der Waals surface area contributed by atoms with Crippen molar-refractivity contribution in [3.8, 4) is 0 Å². The highest BCUT2D eigenvalue weighted by molar-refractivity contribution is 7.99. The van der Waals surface area contributed by atoms with Crippen molar-refractivity contribution < 1.29 is 34.4 Å². The van der Waals surface area contributed by atoms with Gasteiger partial charge in [-0.1, -0.05) is 36.0 Å². The number of anilines is 2. The smallest absolute Gasteiger partial charge is 0.335 e. The van der Waals surface area contributed by atoms with Crippen LogP contribution in [0.3, 0.4) is 0 Å². The van der Waals surface area contributed by atoms with Crippen LogP contribution in [-0.2, 0) is 9.53 Å². The van der Waals surface area contributed by atoms with Crippen LogP contribution >= 0.6 is 11.8 Å². The lowest BCUT2D eigenvalue weighted by molar-refractivity contribution is -0.963. The molecule has 2 aromatic carbocycles. The predicted molar refractivity (Wildman–Crippen MR) is 120 cm³/mol. The molecule has 0 radical (unpaired) electrons. The Bertz CT molecular complexity index is 956. The number of carboxylic acids is 1. The fourth-order valence-electron chi connectivity index (χ4n) is 4.32. The molecule has 172 valence electrons. The Hall–Kier alpha value is -2.14.